The molecule has 0 saturated carbocycles. The molecule has 0 radical (unpaired) electrons. The summed E-state index contributed by atoms with van der Waals surface area (Å²) in [6.07, 6.45) is 7.22. The molecule has 1 fully saturated rings. The molecule has 1 aromatic rings. The minimum Gasteiger partial charge on any atom is -0.396 e. The fourth-order valence-corrected chi connectivity index (χ4v) is 3.14. The average Bonchev–Trinajstić information content (AvgIpc) is 2.60. The number of anilines is 2. The molecule has 1 aliphatic rings. The van der Waals surface area contributed by atoms with E-state index in [2.05, 4.69) is 39.7 Å². The molecule has 1 aliphatic heterocycles. The number of aromatic nitrogens is 1. The van der Waals surface area contributed by atoms with E-state index in [9.17, 15) is 0 Å². The van der Waals surface area contributed by atoms with Gasteiger partial charge in [0.25, 0.3) is 0 Å². The third-order valence-electron chi connectivity index (χ3n) is 3.42. The molecule has 88 valence electrons. The second-order valence-electron chi connectivity index (χ2n) is 4.45. The van der Waals surface area contributed by atoms with Crippen molar-refractivity contribution in [3.05, 3.63) is 16.9 Å². The Morgan fingerprint density at radius 3 is 2.88 bits per heavy atom. The molecule has 1 saturated heterocycles. The normalized spacial score (nSPS) is 25.1. The van der Waals surface area contributed by atoms with Crippen LogP contribution in [0.15, 0.2) is 16.9 Å². The highest BCUT2D eigenvalue weighted by atomic mass is 79.9. The third-order valence-corrected chi connectivity index (χ3v) is 4.00. The zero-order valence-corrected chi connectivity index (χ0v) is 11.4. The SMILES string of the molecule is CCC1CCC(C)N1c1c(N)cncc1Br. The van der Waals surface area contributed by atoms with Gasteiger partial charge in [-0.3, -0.25) is 4.98 Å². The van der Waals surface area contributed by atoms with Gasteiger partial charge in [-0.1, -0.05) is 6.92 Å². The number of hydrogen-bond donors (Lipinski definition) is 1. The van der Waals surface area contributed by atoms with Crippen molar-refractivity contribution >= 4 is 27.3 Å². The number of nitrogen functional groups attached to an aromatic ring is 1. The molecular weight excluding hydrogens is 266 g/mol. The Hall–Kier alpha value is -0.770. The number of rotatable bonds is 2. The van der Waals surface area contributed by atoms with E-state index in [0.717, 1.165) is 15.8 Å². The van der Waals surface area contributed by atoms with Gasteiger partial charge in [-0.25, -0.2) is 0 Å². The lowest BCUT2D eigenvalue weighted by molar-refractivity contribution is 0.627. The van der Waals surface area contributed by atoms with Crippen LogP contribution < -0.4 is 10.6 Å². The van der Waals surface area contributed by atoms with Gasteiger partial charge in [-0.15, -0.1) is 0 Å². The average molecular weight is 284 g/mol. The molecule has 2 rings (SSSR count). The van der Waals surface area contributed by atoms with Crippen molar-refractivity contribution in [2.45, 2.75) is 45.2 Å². The molecular formula is C12H18BrN3. The van der Waals surface area contributed by atoms with Crippen LogP contribution in [0.2, 0.25) is 0 Å². The lowest BCUT2D eigenvalue weighted by Gasteiger charge is -2.32. The van der Waals surface area contributed by atoms with E-state index in [0.29, 0.717) is 12.1 Å². The quantitative estimate of drug-likeness (QED) is 0.906. The summed E-state index contributed by atoms with van der Waals surface area (Å²) in [5.74, 6) is 0. The summed E-state index contributed by atoms with van der Waals surface area (Å²) in [7, 11) is 0. The maximum Gasteiger partial charge on any atom is 0.0780 e. The second kappa shape index (κ2) is 4.62. The Balaban J connectivity index is 2.42. The van der Waals surface area contributed by atoms with Crippen molar-refractivity contribution in [1.29, 1.82) is 0 Å². The van der Waals surface area contributed by atoms with E-state index in [1.165, 1.54) is 19.3 Å². The lowest BCUT2D eigenvalue weighted by Crippen LogP contribution is -2.35. The van der Waals surface area contributed by atoms with Crippen molar-refractivity contribution in [2.75, 3.05) is 10.6 Å². The highest BCUT2D eigenvalue weighted by Crippen LogP contribution is 2.39. The van der Waals surface area contributed by atoms with E-state index >= 15 is 0 Å². The fraction of sp³-hybridized carbons (Fsp3) is 0.583. The van der Waals surface area contributed by atoms with Crippen LogP contribution in [0.3, 0.4) is 0 Å². The molecule has 0 bridgehead atoms. The standard InChI is InChI=1S/C12H18BrN3/c1-3-9-5-4-8(2)16(9)12-10(13)6-15-7-11(12)14/h6-9H,3-5,14H2,1-2H3. The minimum atomic E-state index is 0.561. The Labute approximate surface area is 105 Å². The molecule has 0 spiro atoms. The summed E-state index contributed by atoms with van der Waals surface area (Å²) in [6, 6.07) is 1.17. The van der Waals surface area contributed by atoms with Crippen molar-refractivity contribution in [3.8, 4) is 0 Å². The van der Waals surface area contributed by atoms with Crippen LogP contribution in [0.5, 0.6) is 0 Å². The smallest absolute Gasteiger partial charge is 0.0780 e. The number of nitrogens with two attached hydrogens (primary N) is 1. The highest BCUT2D eigenvalue weighted by Gasteiger charge is 2.31. The Kier molecular flexibility index (Phi) is 3.38. The van der Waals surface area contributed by atoms with Crippen LogP contribution in [0.1, 0.15) is 33.1 Å². The van der Waals surface area contributed by atoms with Gasteiger partial charge in [-0.2, -0.15) is 0 Å². The molecule has 0 aromatic carbocycles. The summed E-state index contributed by atoms with van der Waals surface area (Å²) >= 11 is 3.56. The first-order valence-corrected chi connectivity index (χ1v) is 6.61. The number of halogens is 1. The predicted molar refractivity (Wildman–Crippen MR) is 71.6 cm³/mol. The van der Waals surface area contributed by atoms with Crippen molar-refractivity contribution in [2.24, 2.45) is 0 Å². The van der Waals surface area contributed by atoms with Crippen molar-refractivity contribution in [1.82, 2.24) is 4.98 Å². The van der Waals surface area contributed by atoms with Gasteiger partial charge in [0.15, 0.2) is 0 Å². The third kappa shape index (κ3) is 1.90. The van der Waals surface area contributed by atoms with Gasteiger partial charge in [0.05, 0.1) is 22.0 Å². The van der Waals surface area contributed by atoms with Gasteiger partial charge < -0.3 is 10.6 Å². The van der Waals surface area contributed by atoms with Gasteiger partial charge in [0.1, 0.15) is 0 Å². The summed E-state index contributed by atoms with van der Waals surface area (Å²) in [6.45, 7) is 4.50. The first kappa shape index (κ1) is 11.7. The zero-order chi connectivity index (χ0) is 11.7. The molecule has 1 aromatic heterocycles. The van der Waals surface area contributed by atoms with Crippen molar-refractivity contribution < 1.29 is 0 Å². The topological polar surface area (TPSA) is 42.1 Å². The van der Waals surface area contributed by atoms with Gasteiger partial charge >= 0.3 is 0 Å². The van der Waals surface area contributed by atoms with Crippen LogP contribution in [0.4, 0.5) is 11.4 Å². The Morgan fingerprint density at radius 1 is 1.50 bits per heavy atom. The molecule has 3 nitrogen and oxygen atoms in total. The Morgan fingerprint density at radius 2 is 2.25 bits per heavy atom. The van der Waals surface area contributed by atoms with Gasteiger partial charge in [0, 0.05) is 18.3 Å². The molecule has 2 heterocycles. The number of pyridine rings is 1. The van der Waals surface area contributed by atoms with E-state index in [1.54, 1.807) is 6.20 Å². The maximum absolute atomic E-state index is 6.05. The molecule has 0 aliphatic carbocycles. The van der Waals surface area contributed by atoms with Crippen LogP contribution in [-0.2, 0) is 0 Å². The molecule has 4 heteroatoms. The largest absolute Gasteiger partial charge is 0.396 e. The number of hydrogen-bond acceptors (Lipinski definition) is 3. The number of nitrogens with zero attached hydrogens (tertiary/aromatic N) is 2. The molecule has 0 amide bonds. The minimum absolute atomic E-state index is 0.561. The van der Waals surface area contributed by atoms with E-state index < -0.39 is 0 Å². The predicted octanol–water partition coefficient (Wildman–Crippen LogP) is 3.19. The summed E-state index contributed by atoms with van der Waals surface area (Å²) in [5.41, 5.74) is 7.93. The van der Waals surface area contributed by atoms with Crippen LogP contribution >= 0.6 is 15.9 Å². The van der Waals surface area contributed by atoms with E-state index in [-0.39, 0.29) is 0 Å². The zero-order valence-electron chi connectivity index (χ0n) is 9.78. The molecule has 2 unspecified atom stereocenters. The van der Waals surface area contributed by atoms with Crippen LogP contribution in [-0.4, -0.2) is 17.1 Å². The van der Waals surface area contributed by atoms with Gasteiger partial charge in [-0.05, 0) is 42.1 Å². The molecule has 16 heavy (non-hydrogen) atoms. The lowest BCUT2D eigenvalue weighted by atomic mass is 10.1. The first-order valence-electron chi connectivity index (χ1n) is 5.82. The van der Waals surface area contributed by atoms with Crippen LogP contribution in [0, 0.1) is 0 Å². The maximum atomic E-state index is 6.05. The second-order valence-corrected chi connectivity index (χ2v) is 5.31. The molecule has 2 atom stereocenters. The van der Waals surface area contributed by atoms with E-state index in [1.807, 2.05) is 6.20 Å². The summed E-state index contributed by atoms with van der Waals surface area (Å²) in [4.78, 5) is 6.54. The monoisotopic (exact) mass is 283 g/mol. The van der Waals surface area contributed by atoms with Crippen LogP contribution in [0.25, 0.3) is 0 Å². The summed E-state index contributed by atoms with van der Waals surface area (Å²) in [5, 5.41) is 0. The van der Waals surface area contributed by atoms with E-state index in [4.69, 9.17) is 5.73 Å². The van der Waals surface area contributed by atoms with Gasteiger partial charge in [0.2, 0.25) is 0 Å². The Bertz CT molecular complexity index is 360. The highest BCUT2D eigenvalue weighted by molar-refractivity contribution is 9.10. The first-order chi connectivity index (χ1) is 7.65. The molecule has 2 N–H and O–H groups in total. The van der Waals surface area contributed by atoms with Crippen molar-refractivity contribution in [3.63, 3.8) is 0 Å². The summed E-state index contributed by atoms with van der Waals surface area (Å²) < 4.78 is 1.000. The fourth-order valence-electron chi connectivity index (χ4n) is 2.59.